The maximum atomic E-state index is 15.2. The molecule has 3 aromatic rings. The first-order valence-electron chi connectivity index (χ1n) is 13.0. The molecule has 1 saturated carbocycles. The molecule has 3 aromatic carbocycles. The number of benzene rings is 3. The Morgan fingerprint density at radius 2 is 1.58 bits per heavy atom. The van der Waals surface area contributed by atoms with Gasteiger partial charge in [0.1, 0.15) is 5.82 Å². The molecule has 0 radical (unpaired) electrons. The summed E-state index contributed by atoms with van der Waals surface area (Å²) in [6.07, 6.45) is 12.3. The molecule has 0 saturated heterocycles. The topological polar surface area (TPSA) is 9.23 Å². The van der Waals surface area contributed by atoms with Gasteiger partial charge < -0.3 is 4.74 Å². The lowest BCUT2D eigenvalue weighted by Gasteiger charge is -2.29. The molecule has 4 rings (SSSR count). The Labute approximate surface area is 209 Å². The van der Waals surface area contributed by atoms with E-state index in [1.165, 1.54) is 69.6 Å². The van der Waals surface area contributed by atoms with Crippen molar-refractivity contribution in [2.45, 2.75) is 83.7 Å². The first kappa shape index (κ1) is 26.4. The van der Waals surface area contributed by atoms with Crippen LogP contribution in [0.15, 0.2) is 42.5 Å². The van der Waals surface area contributed by atoms with Gasteiger partial charge in [0.05, 0.1) is 0 Å². The van der Waals surface area contributed by atoms with Crippen LogP contribution in [0.3, 0.4) is 0 Å². The van der Waals surface area contributed by atoms with Gasteiger partial charge in [-0.1, -0.05) is 69.7 Å². The van der Waals surface area contributed by atoms with E-state index in [2.05, 4.69) is 11.7 Å². The zero-order valence-electron chi connectivity index (χ0n) is 20.6. The quantitative estimate of drug-likeness (QED) is 0.197. The standard InChI is InChI=1S/C30H33F5O/c1-2-3-4-5-6-7-19-8-10-20(11-9-19)21-12-14-24(26(31)17-21)22-13-15-25-23(16-22)18-27(32)29(28(25)33)36-30(34)35/h12-20,30H,2-11H2,1H3. The Morgan fingerprint density at radius 3 is 2.28 bits per heavy atom. The Kier molecular flexibility index (Phi) is 8.86. The Bertz CT molecular complexity index is 1170. The summed E-state index contributed by atoms with van der Waals surface area (Å²) in [7, 11) is 0. The fourth-order valence-corrected chi connectivity index (χ4v) is 5.52. The highest BCUT2D eigenvalue weighted by molar-refractivity contribution is 5.89. The summed E-state index contributed by atoms with van der Waals surface area (Å²) in [6.45, 7) is -1.11. The Balaban J connectivity index is 1.44. The minimum absolute atomic E-state index is 0.0741. The summed E-state index contributed by atoms with van der Waals surface area (Å²) in [5.41, 5.74) is 1.78. The molecule has 0 bridgehead atoms. The first-order chi connectivity index (χ1) is 17.4. The van der Waals surface area contributed by atoms with Gasteiger partial charge in [0, 0.05) is 10.9 Å². The van der Waals surface area contributed by atoms with E-state index in [0.717, 1.165) is 30.4 Å². The predicted octanol–water partition coefficient (Wildman–Crippen LogP) is 10.2. The zero-order chi connectivity index (χ0) is 25.7. The molecule has 6 heteroatoms. The van der Waals surface area contributed by atoms with E-state index in [1.807, 2.05) is 6.07 Å². The molecule has 0 amide bonds. The van der Waals surface area contributed by atoms with Crippen LogP contribution >= 0.6 is 0 Å². The second kappa shape index (κ2) is 12.1. The van der Waals surface area contributed by atoms with Crippen LogP contribution in [0.25, 0.3) is 21.9 Å². The lowest BCUT2D eigenvalue weighted by Crippen LogP contribution is -2.13. The van der Waals surface area contributed by atoms with Crippen LogP contribution in [0.4, 0.5) is 22.0 Å². The van der Waals surface area contributed by atoms with Gasteiger partial charge in [-0.05, 0) is 72.2 Å². The van der Waals surface area contributed by atoms with Crippen molar-refractivity contribution in [2.75, 3.05) is 0 Å². The molecule has 1 aliphatic rings. The third kappa shape index (κ3) is 6.19. The highest BCUT2D eigenvalue weighted by atomic mass is 19.3. The van der Waals surface area contributed by atoms with Crippen LogP contribution in [-0.4, -0.2) is 6.61 Å². The van der Waals surface area contributed by atoms with E-state index in [9.17, 15) is 17.6 Å². The van der Waals surface area contributed by atoms with Crippen molar-refractivity contribution in [3.63, 3.8) is 0 Å². The van der Waals surface area contributed by atoms with E-state index in [0.29, 0.717) is 17.0 Å². The molecule has 0 unspecified atom stereocenters. The van der Waals surface area contributed by atoms with Crippen LogP contribution in [0.2, 0.25) is 0 Å². The number of fused-ring (bicyclic) bond motifs is 1. The maximum Gasteiger partial charge on any atom is 0.387 e. The average Bonchev–Trinajstić information content (AvgIpc) is 2.86. The minimum Gasteiger partial charge on any atom is -0.429 e. The molecule has 194 valence electrons. The van der Waals surface area contributed by atoms with E-state index in [-0.39, 0.29) is 16.6 Å². The predicted molar refractivity (Wildman–Crippen MR) is 134 cm³/mol. The lowest BCUT2D eigenvalue weighted by atomic mass is 9.77. The van der Waals surface area contributed by atoms with Gasteiger partial charge >= 0.3 is 6.61 Å². The van der Waals surface area contributed by atoms with Crippen LogP contribution in [0.1, 0.15) is 82.6 Å². The largest absolute Gasteiger partial charge is 0.429 e. The van der Waals surface area contributed by atoms with Gasteiger partial charge in [0.2, 0.25) is 0 Å². The third-order valence-corrected chi connectivity index (χ3v) is 7.53. The number of hydrogen-bond acceptors (Lipinski definition) is 1. The third-order valence-electron chi connectivity index (χ3n) is 7.53. The van der Waals surface area contributed by atoms with Gasteiger partial charge in [0.15, 0.2) is 17.4 Å². The molecular formula is C30H33F5O. The Hall–Kier alpha value is -2.63. The van der Waals surface area contributed by atoms with Gasteiger partial charge in [0.25, 0.3) is 0 Å². The van der Waals surface area contributed by atoms with Gasteiger partial charge in [-0.25, -0.2) is 13.2 Å². The molecule has 0 aliphatic heterocycles. The summed E-state index contributed by atoms with van der Waals surface area (Å²) in [5.74, 6) is -2.82. The van der Waals surface area contributed by atoms with Gasteiger partial charge in [-0.3, -0.25) is 0 Å². The van der Waals surface area contributed by atoms with Crippen molar-refractivity contribution in [1.29, 1.82) is 0 Å². The highest BCUT2D eigenvalue weighted by Gasteiger charge is 2.23. The molecule has 1 aliphatic carbocycles. The molecule has 36 heavy (non-hydrogen) atoms. The van der Waals surface area contributed by atoms with E-state index >= 15 is 4.39 Å². The smallest absolute Gasteiger partial charge is 0.387 e. The number of ether oxygens (including phenoxy) is 1. The second-order valence-corrected chi connectivity index (χ2v) is 9.98. The highest BCUT2D eigenvalue weighted by Crippen LogP contribution is 2.39. The molecule has 0 heterocycles. The van der Waals surface area contributed by atoms with E-state index < -0.39 is 24.0 Å². The fourth-order valence-electron chi connectivity index (χ4n) is 5.52. The summed E-state index contributed by atoms with van der Waals surface area (Å²) in [4.78, 5) is 0. The molecule has 0 atom stereocenters. The van der Waals surface area contributed by atoms with E-state index in [1.54, 1.807) is 12.1 Å². The second-order valence-electron chi connectivity index (χ2n) is 9.98. The number of halogens is 5. The number of hydrogen-bond donors (Lipinski definition) is 0. The molecule has 0 N–H and O–H groups in total. The number of unbranched alkanes of at least 4 members (excludes halogenated alkanes) is 4. The van der Waals surface area contributed by atoms with Crippen LogP contribution in [0, 0.1) is 23.4 Å². The monoisotopic (exact) mass is 504 g/mol. The summed E-state index contributed by atoms with van der Waals surface area (Å²) in [5, 5.41) is 0.0653. The van der Waals surface area contributed by atoms with Crippen LogP contribution in [0.5, 0.6) is 5.75 Å². The molecule has 0 spiro atoms. The van der Waals surface area contributed by atoms with Crippen LogP contribution < -0.4 is 4.74 Å². The van der Waals surface area contributed by atoms with Crippen molar-refractivity contribution in [1.82, 2.24) is 0 Å². The summed E-state index contributed by atoms with van der Waals surface area (Å²) < 4.78 is 72.8. The zero-order valence-corrected chi connectivity index (χ0v) is 20.6. The lowest BCUT2D eigenvalue weighted by molar-refractivity contribution is -0.0544. The number of alkyl halides is 2. The molecular weight excluding hydrogens is 471 g/mol. The van der Waals surface area contributed by atoms with Crippen molar-refractivity contribution in [3.05, 3.63) is 65.5 Å². The summed E-state index contributed by atoms with van der Waals surface area (Å²) in [6, 6.07) is 10.4. The van der Waals surface area contributed by atoms with Crippen molar-refractivity contribution in [2.24, 2.45) is 5.92 Å². The molecule has 1 nitrogen and oxygen atoms in total. The molecule has 0 aromatic heterocycles. The SMILES string of the molecule is CCCCCCCC1CCC(c2ccc(-c3ccc4c(F)c(OC(F)F)c(F)cc4c3)c(F)c2)CC1. The fraction of sp³-hybridized carbons (Fsp3) is 0.467. The van der Waals surface area contributed by atoms with Crippen molar-refractivity contribution >= 4 is 10.8 Å². The van der Waals surface area contributed by atoms with Crippen molar-refractivity contribution < 1.29 is 26.7 Å². The minimum atomic E-state index is -3.34. The normalized spacial score (nSPS) is 18.2. The summed E-state index contributed by atoms with van der Waals surface area (Å²) >= 11 is 0. The van der Waals surface area contributed by atoms with Gasteiger partial charge in [-0.15, -0.1) is 0 Å². The molecule has 1 fully saturated rings. The average molecular weight is 505 g/mol. The maximum absolute atomic E-state index is 15.2. The van der Waals surface area contributed by atoms with Crippen LogP contribution in [-0.2, 0) is 0 Å². The first-order valence-corrected chi connectivity index (χ1v) is 13.0. The number of rotatable bonds is 10. The van der Waals surface area contributed by atoms with Crippen molar-refractivity contribution in [3.8, 4) is 16.9 Å². The van der Waals surface area contributed by atoms with E-state index in [4.69, 9.17) is 0 Å². The van der Waals surface area contributed by atoms with Gasteiger partial charge in [-0.2, -0.15) is 8.78 Å². The Morgan fingerprint density at radius 1 is 0.833 bits per heavy atom.